The molecule has 0 atom stereocenters. The normalized spacial score (nSPS) is 15.4. The highest BCUT2D eigenvalue weighted by Gasteiger charge is 2.27. The lowest BCUT2D eigenvalue weighted by atomic mass is 10.2. The van der Waals surface area contributed by atoms with Gasteiger partial charge in [0.1, 0.15) is 16.3 Å². The average Bonchev–Trinajstić information content (AvgIpc) is 2.98. The quantitative estimate of drug-likeness (QED) is 0.784. The lowest BCUT2D eigenvalue weighted by Crippen LogP contribution is -2.40. The zero-order valence-electron chi connectivity index (χ0n) is 16.0. The van der Waals surface area contributed by atoms with E-state index in [9.17, 15) is 9.59 Å². The molecule has 27 heavy (non-hydrogen) atoms. The summed E-state index contributed by atoms with van der Waals surface area (Å²) in [6, 6.07) is 9.84. The van der Waals surface area contributed by atoms with Crippen molar-refractivity contribution >= 4 is 23.3 Å². The zero-order valence-corrected chi connectivity index (χ0v) is 16.8. The summed E-state index contributed by atoms with van der Waals surface area (Å²) < 4.78 is 5.44. The number of carbonyl (C=O) groups is 2. The van der Waals surface area contributed by atoms with E-state index in [0.717, 1.165) is 17.0 Å². The van der Waals surface area contributed by atoms with Crippen LogP contribution in [0.25, 0.3) is 10.6 Å². The van der Waals surface area contributed by atoms with E-state index in [1.165, 1.54) is 11.3 Å². The second-order valence-electron chi connectivity index (χ2n) is 7.52. The zero-order chi connectivity index (χ0) is 19.4. The van der Waals surface area contributed by atoms with Crippen molar-refractivity contribution in [3.8, 4) is 10.6 Å². The van der Waals surface area contributed by atoms with Crippen molar-refractivity contribution in [1.82, 2.24) is 14.8 Å². The Hall–Kier alpha value is -2.41. The van der Waals surface area contributed by atoms with Crippen molar-refractivity contribution < 1.29 is 14.3 Å². The second kappa shape index (κ2) is 8.08. The third kappa shape index (κ3) is 5.07. The van der Waals surface area contributed by atoms with E-state index in [1.807, 2.05) is 51.1 Å². The number of ether oxygens (including phenoxy) is 1. The third-order valence-electron chi connectivity index (χ3n) is 4.18. The molecule has 2 heterocycles. The smallest absolute Gasteiger partial charge is 0.410 e. The fourth-order valence-corrected chi connectivity index (χ4v) is 3.68. The summed E-state index contributed by atoms with van der Waals surface area (Å²) in [5.41, 5.74) is 0.950. The van der Waals surface area contributed by atoms with Crippen LogP contribution in [0.3, 0.4) is 0 Å². The van der Waals surface area contributed by atoms with Crippen molar-refractivity contribution in [2.75, 3.05) is 26.2 Å². The predicted molar refractivity (Wildman–Crippen MR) is 106 cm³/mol. The molecule has 6 nitrogen and oxygen atoms in total. The van der Waals surface area contributed by atoms with Gasteiger partial charge in [0.25, 0.3) is 5.91 Å². The number of nitrogens with zero attached hydrogens (tertiary/aromatic N) is 3. The summed E-state index contributed by atoms with van der Waals surface area (Å²) in [5.74, 6) is -0.0838. The van der Waals surface area contributed by atoms with E-state index in [4.69, 9.17) is 4.74 Å². The van der Waals surface area contributed by atoms with E-state index in [1.54, 1.807) is 15.2 Å². The first-order valence-electron chi connectivity index (χ1n) is 9.12. The molecule has 0 unspecified atom stereocenters. The summed E-state index contributed by atoms with van der Waals surface area (Å²) in [7, 11) is 0. The number of benzene rings is 1. The SMILES string of the molecule is CC(C)(C)OC(=O)N1CCCN(C(=O)c2csc(-c3ccccc3)n2)CC1. The van der Waals surface area contributed by atoms with Crippen LogP contribution in [0.2, 0.25) is 0 Å². The van der Waals surface area contributed by atoms with Crippen molar-refractivity contribution in [2.45, 2.75) is 32.8 Å². The van der Waals surface area contributed by atoms with E-state index in [-0.39, 0.29) is 12.0 Å². The van der Waals surface area contributed by atoms with E-state index < -0.39 is 5.60 Å². The lowest BCUT2D eigenvalue weighted by Gasteiger charge is -2.26. The van der Waals surface area contributed by atoms with Crippen LogP contribution in [-0.4, -0.2) is 58.6 Å². The van der Waals surface area contributed by atoms with Crippen LogP contribution in [0.15, 0.2) is 35.7 Å². The summed E-state index contributed by atoms with van der Waals surface area (Å²) in [6.07, 6.45) is 0.400. The molecule has 2 aromatic rings. The van der Waals surface area contributed by atoms with Gasteiger partial charge in [-0.15, -0.1) is 11.3 Å². The third-order valence-corrected chi connectivity index (χ3v) is 5.07. The van der Waals surface area contributed by atoms with Crippen LogP contribution in [0.5, 0.6) is 0 Å². The van der Waals surface area contributed by atoms with Crippen LogP contribution in [0.4, 0.5) is 4.79 Å². The van der Waals surface area contributed by atoms with Crippen LogP contribution < -0.4 is 0 Å². The molecule has 0 spiro atoms. The van der Waals surface area contributed by atoms with Gasteiger partial charge in [-0.25, -0.2) is 9.78 Å². The van der Waals surface area contributed by atoms with E-state index in [2.05, 4.69) is 4.98 Å². The number of aromatic nitrogens is 1. The van der Waals surface area contributed by atoms with Crippen molar-refractivity contribution in [1.29, 1.82) is 0 Å². The summed E-state index contributed by atoms with van der Waals surface area (Å²) in [4.78, 5) is 33.1. The molecular formula is C20H25N3O3S. The molecule has 1 aromatic carbocycles. The largest absolute Gasteiger partial charge is 0.444 e. The van der Waals surface area contributed by atoms with Crippen molar-refractivity contribution in [3.63, 3.8) is 0 Å². The van der Waals surface area contributed by atoms with Crippen LogP contribution in [0, 0.1) is 0 Å². The molecule has 0 bridgehead atoms. The molecule has 1 aromatic heterocycles. The van der Waals surface area contributed by atoms with Gasteiger partial charge in [-0.1, -0.05) is 30.3 Å². The maximum atomic E-state index is 12.8. The average molecular weight is 388 g/mol. The standard InChI is InChI=1S/C20H25N3O3S/c1-20(2,3)26-19(25)23-11-7-10-22(12-13-23)18(24)16-14-27-17(21-16)15-8-5-4-6-9-15/h4-6,8-9,14H,7,10-13H2,1-3H3. The highest BCUT2D eigenvalue weighted by atomic mass is 32.1. The van der Waals surface area contributed by atoms with Crippen LogP contribution in [0.1, 0.15) is 37.7 Å². The number of thiazole rings is 1. The van der Waals surface area contributed by atoms with Gasteiger partial charge >= 0.3 is 6.09 Å². The number of carbonyl (C=O) groups excluding carboxylic acids is 2. The minimum Gasteiger partial charge on any atom is -0.444 e. The Morgan fingerprint density at radius 2 is 1.70 bits per heavy atom. The van der Waals surface area contributed by atoms with Gasteiger partial charge in [0.05, 0.1) is 0 Å². The maximum Gasteiger partial charge on any atom is 0.410 e. The minimum atomic E-state index is -0.521. The van der Waals surface area contributed by atoms with Crippen molar-refractivity contribution in [3.05, 3.63) is 41.4 Å². The Morgan fingerprint density at radius 1 is 1.04 bits per heavy atom. The molecule has 7 heteroatoms. The monoisotopic (exact) mass is 387 g/mol. The van der Waals surface area contributed by atoms with Crippen LogP contribution >= 0.6 is 11.3 Å². The van der Waals surface area contributed by atoms with Gasteiger partial charge in [-0.2, -0.15) is 0 Å². The molecule has 0 aliphatic carbocycles. The first kappa shape index (κ1) is 19.4. The topological polar surface area (TPSA) is 62.7 Å². The van der Waals surface area contributed by atoms with Crippen molar-refractivity contribution in [2.24, 2.45) is 0 Å². The Morgan fingerprint density at radius 3 is 2.41 bits per heavy atom. The van der Waals surface area contributed by atoms with Crippen LogP contribution in [-0.2, 0) is 4.74 Å². The lowest BCUT2D eigenvalue weighted by molar-refractivity contribution is 0.0255. The Bertz CT molecular complexity index is 798. The fourth-order valence-electron chi connectivity index (χ4n) is 2.88. The molecule has 1 aliphatic rings. The highest BCUT2D eigenvalue weighted by molar-refractivity contribution is 7.13. The molecule has 0 saturated carbocycles. The highest BCUT2D eigenvalue weighted by Crippen LogP contribution is 2.24. The second-order valence-corrected chi connectivity index (χ2v) is 8.38. The number of rotatable bonds is 2. The first-order chi connectivity index (χ1) is 12.8. The summed E-state index contributed by atoms with van der Waals surface area (Å²) in [6.45, 7) is 7.70. The molecule has 1 fully saturated rings. The Kier molecular flexibility index (Phi) is 5.79. The van der Waals surface area contributed by atoms with E-state index >= 15 is 0 Å². The Labute approximate surface area is 163 Å². The Balaban J connectivity index is 1.63. The predicted octanol–water partition coefficient (Wildman–Crippen LogP) is 3.89. The van der Waals surface area contributed by atoms with Gasteiger partial charge in [0, 0.05) is 37.1 Å². The van der Waals surface area contributed by atoms with E-state index in [0.29, 0.717) is 31.9 Å². The first-order valence-corrected chi connectivity index (χ1v) is 9.99. The summed E-state index contributed by atoms with van der Waals surface area (Å²) >= 11 is 1.47. The number of amides is 2. The fraction of sp³-hybridized carbons (Fsp3) is 0.450. The van der Waals surface area contributed by atoms with Gasteiger partial charge < -0.3 is 14.5 Å². The van der Waals surface area contributed by atoms with Gasteiger partial charge in [0.15, 0.2) is 0 Å². The van der Waals surface area contributed by atoms with Gasteiger partial charge in [-0.3, -0.25) is 4.79 Å². The number of hydrogen-bond donors (Lipinski definition) is 0. The molecule has 144 valence electrons. The molecule has 0 N–H and O–H groups in total. The maximum absolute atomic E-state index is 12.8. The molecule has 2 amide bonds. The molecular weight excluding hydrogens is 362 g/mol. The molecule has 1 saturated heterocycles. The number of hydrogen-bond acceptors (Lipinski definition) is 5. The molecule has 0 radical (unpaired) electrons. The van der Waals surface area contributed by atoms with Gasteiger partial charge in [0.2, 0.25) is 0 Å². The summed E-state index contributed by atoms with van der Waals surface area (Å²) in [5, 5.41) is 2.64. The minimum absolute atomic E-state index is 0.0838. The molecule has 1 aliphatic heterocycles. The molecule has 3 rings (SSSR count). The van der Waals surface area contributed by atoms with Gasteiger partial charge in [-0.05, 0) is 27.2 Å².